The molecule has 0 aromatic rings. The van der Waals surface area contributed by atoms with Crippen LogP contribution in [0, 0.1) is 5.92 Å². The molecule has 4 heteroatoms. The highest BCUT2D eigenvalue weighted by molar-refractivity contribution is 5.73. The predicted molar refractivity (Wildman–Crippen MR) is 63.8 cm³/mol. The lowest BCUT2D eigenvalue weighted by Gasteiger charge is -2.14. The second-order valence-corrected chi connectivity index (χ2v) is 3.84. The Morgan fingerprint density at radius 2 is 2.07 bits per heavy atom. The van der Waals surface area contributed by atoms with Gasteiger partial charge < -0.3 is 16.4 Å². The van der Waals surface area contributed by atoms with E-state index in [0.29, 0.717) is 12.5 Å². The Morgan fingerprint density at radius 1 is 1.33 bits per heavy atom. The molecule has 0 aromatic carbocycles. The van der Waals surface area contributed by atoms with Crippen molar-refractivity contribution in [1.29, 1.82) is 0 Å². The van der Waals surface area contributed by atoms with E-state index in [1.54, 1.807) is 0 Å². The van der Waals surface area contributed by atoms with E-state index in [1.165, 1.54) is 0 Å². The van der Waals surface area contributed by atoms with Gasteiger partial charge in [-0.3, -0.25) is 0 Å². The number of carbonyl (C=O) groups excluding carboxylic acids is 1. The van der Waals surface area contributed by atoms with Crippen LogP contribution < -0.4 is 16.4 Å². The molecule has 1 unspecified atom stereocenters. The van der Waals surface area contributed by atoms with Crippen LogP contribution in [0.3, 0.4) is 0 Å². The third kappa shape index (κ3) is 8.24. The summed E-state index contributed by atoms with van der Waals surface area (Å²) in [5.74, 6) is 0.506. The topological polar surface area (TPSA) is 67.2 Å². The summed E-state index contributed by atoms with van der Waals surface area (Å²) >= 11 is 0. The van der Waals surface area contributed by atoms with Gasteiger partial charge in [0, 0.05) is 13.1 Å². The third-order valence-corrected chi connectivity index (χ3v) is 2.52. The van der Waals surface area contributed by atoms with Crippen molar-refractivity contribution in [1.82, 2.24) is 10.6 Å². The summed E-state index contributed by atoms with van der Waals surface area (Å²) in [6.45, 7) is 6.41. The minimum atomic E-state index is -0.0566. The number of hydrogen-bond donors (Lipinski definition) is 3. The van der Waals surface area contributed by atoms with E-state index in [0.717, 1.165) is 38.8 Å². The fourth-order valence-corrected chi connectivity index (χ4v) is 1.36. The van der Waals surface area contributed by atoms with E-state index in [4.69, 9.17) is 5.73 Å². The highest BCUT2D eigenvalue weighted by Crippen LogP contribution is 2.04. The van der Waals surface area contributed by atoms with Crippen molar-refractivity contribution in [2.45, 2.75) is 39.5 Å². The lowest BCUT2D eigenvalue weighted by Crippen LogP contribution is -2.38. The van der Waals surface area contributed by atoms with Crippen molar-refractivity contribution in [3.05, 3.63) is 0 Å². The summed E-state index contributed by atoms with van der Waals surface area (Å²) < 4.78 is 0. The smallest absolute Gasteiger partial charge is 0.314 e. The van der Waals surface area contributed by atoms with Crippen LogP contribution in [0.5, 0.6) is 0 Å². The Balaban J connectivity index is 3.50. The highest BCUT2D eigenvalue weighted by atomic mass is 16.2. The maximum absolute atomic E-state index is 11.3. The standard InChI is InChI=1S/C11H25N3O/c1-3-5-8-13-11(15)14-9-10(4-2)6-7-12/h10H,3-9,12H2,1-2H3,(H2,13,14,15). The highest BCUT2D eigenvalue weighted by Gasteiger charge is 2.06. The van der Waals surface area contributed by atoms with Crippen LogP contribution in [0.1, 0.15) is 39.5 Å². The maximum atomic E-state index is 11.3. The first-order valence-corrected chi connectivity index (χ1v) is 5.96. The maximum Gasteiger partial charge on any atom is 0.314 e. The zero-order valence-corrected chi connectivity index (χ0v) is 10.0. The fraction of sp³-hybridized carbons (Fsp3) is 0.909. The first-order chi connectivity index (χ1) is 7.24. The van der Waals surface area contributed by atoms with Gasteiger partial charge in [-0.15, -0.1) is 0 Å². The third-order valence-electron chi connectivity index (χ3n) is 2.52. The summed E-state index contributed by atoms with van der Waals surface area (Å²) in [4.78, 5) is 11.3. The Morgan fingerprint density at radius 3 is 2.60 bits per heavy atom. The lowest BCUT2D eigenvalue weighted by molar-refractivity contribution is 0.238. The minimum Gasteiger partial charge on any atom is -0.338 e. The van der Waals surface area contributed by atoms with Crippen LogP contribution in [0.25, 0.3) is 0 Å². The number of carbonyl (C=O) groups is 1. The SMILES string of the molecule is CCCCNC(=O)NCC(CC)CCN. The van der Waals surface area contributed by atoms with Gasteiger partial charge in [0.05, 0.1) is 0 Å². The summed E-state index contributed by atoms with van der Waals surface area (Å²) in [6.07, 6.45) is 4.18. The molecule has 0 saturated carbocycles. The average molecular weight is 215 g/mol. The molecule has 0 spiro atoms. The summed E-state index contributed by atoms with van der Waals surface area (Å²) in [6, 6.07) is -0.0566. The van der Waals surface area contributed by atoms with E-state index >= 15 is 0 Å². The van der Waals surface area contributed by atoms with E-state index in [1.807, 2.05) is 0 Å². The van der Waals surface area contributed by atoms with Crippen LogP contribution in [-0.2, 0) is 0 Å². The van der Waals surface area contributed by atoms with E-state index < -0.39 is 0 Å². The Kier molecular flexibility index (Phi) is 9.27. The molecule has 0 fully saturated rings. The molecule has 0 saturated heterocycles. The Hall–Kier alpha value is -0.770. The molecular weight excluding hydrogens is 190 g/mol. The molecule has 0 bridgehead atoms. The zero-order chi connectivity index (χ0) is 11.5. The van der Waals surface area contributed by atoms with Crippen LogP contribution >= 0.6 is 0 Å². The molecule has 2 amide bonds. The van der Waals surface area contributed by atoms with Crippen molar-refractivity contribution in [3.63, 3.8) is 0 Å². The molecule has 15 heavy (non-hydrogen) atoms. The molecule has 0 radical (unpaired) electrons. The van der Waals surface area contributed by atoms with Crippen LogP contribution in [0.15, 0.2) is 0 Å². The molecule has 1 atom stereocenters. The van der Waals surface area contributed by atoms with Crippen molar-refractivity contribution in [2.75, 3.05) is 19.6 Å². The van der Waals surface area contributed by atoms with Crippen LogP contribution in [0.2, 0.25) is 0 Å². The van der Waals surface area contributed by atoms with Gasteiger partial charge >= 0.3 is 6.03 Å². The quantitative estimate of drug-likeness (QED) is 0.537. The van der Waals surface area contributed by atoms with E-state index in [9.17, 15) is 4.79 Å². The van der Waals surface area contributed by atoms with Gasteiger partial charge in [0.15, 0.2) is 0 Å². The number of unbranched alkanes of at least 4 members (excludes halogenated alkanes) is 1. The van der Waals surface area contributed by atoms with Crippen molar-refractivity contribution in [2.24, 2.45) is 11.7 Å². The van der Waals surface area contributed by atoms with E-state index in [-0.39, 0.29) is 6.03 Å². The largest absolute Gasteiger partial charge is 0.338 e. The minimum absolute atomic E-state index is 0.0566. The molecule has 0 aliphatic rings. The van der Waals surface area contributed by atoms with Crippen molar-refractivity contribution in [3.8, 4) is 0 Å². The van der Waals surface area contributed by atoms with Gasteiger partial charge in [0.2, 0.25) is 0 Å². The summed E-state index contributed by atoms with van der Waals surface area (Å²) in [5, 5.41) is 5.70. The number of nitrogens with one attached hydrogen (secondary N) is 2. The van der Waals surface area contributed by atoms with Crippen molar-refractivity contribution >= 4 is 6.03 Å². The van der Waals surface area contributed by atoms with E-state index in [2.05, 4.69) is 24.5 Å². The second kappa shape index (κ2) is 9.77. The number of amides is 2. The molecule has 0 rings (SSSR count). The molecule has 4 N–H and O–H groups in total. The van der Waals surface area contributed by atoms with Gasteiger partial charge in [0.25, 0.3) is 0 Å². The number of rotatable bonds is 8. The summed E-state index contributed by atoms with van der Waals surface area (Å²) in [7, 11) is 0. The lowest BCUT2D eigenvalue weighted by atomic mass is 10.0. The van der Waals surface area contributed by atoms with Crippen LogP contribution in [-0.4, -0.2) is 25.7 Å². The fourth-order valence-electron chi connectivity index (χ4n) is 1.36. The monoisotopic (exact) mass is 215 g/mol. The van der Waals surface area contributed by atoms with Gasteiger partial charge in [-0.1, -0.05) is 26.7 Å². The Bertz CT molecular complexity index is 162. The molecule has 0 heterocycles. The van der Waals surface area contributed by atoms with Crippen molar-refractivity contribution < 1.29 is 4.79 Å². The number of urea groups is 1. The molecular formula is C11H25N3O. The number of hydrogen-bond acceptors (Lipinski definition) is 2. The zero-order valence-electron chi connectivity index (χ0n) is 10.0. The molecule has 90 valence electrons. The number of nitrogens with two attached hydrogens (primary N) is 1. The van der Waals surface area contributed by atoms with Gasteiger partial charge in [0.1, 0.15) is 0 Å². The first kappa shape index (κ1) is 14.2. The average Bonchev–Trinajstić information content (AvgIpc) is 2.24. The second-order valence-electron chi connectivity index (χ2n) is 3.84. The molecule has 0 aliphatic carbocycles. The Labute approximate surface area is 93.0 Å². The predicted octanol–water partition coefficient (Wildman–Crippen LogP) is 1.46. The molecule has 0 aromatic heterocycles. The first-order valence-electron chi connectivity index (χ1n) is 5.96. The van der Waals surface area contributed by atoms with Gasteiger partial charge in [-0.2, -0.15) is 0 Å². The molecule has 0 aliphatic heterocycles. The van der Waals surface area contributed by atoms with Gasteiger partial charge in [-0.25, -0.2) is 4.79 Å². The normalized spacial score (nSPS) is 12.2. The van der Waals surface area contributed by atoms with Crippen LogP contribution in [0.4, 0.5) is 4.79 Å². The summed E-state index contributed by atoms with van der Waals surface area (Å²) in [5.41, 5.74) is 5.48. The van der Waals surface area contributed by atoms with Gasteiger partial charge in [-0.05, 0) is 25.3 Å². The molecule has 4 nitrogen and oxygen atoms in total.